The Hall–Kier alpha value is -1.11. The highest BCUT2D eigenvalue weighted by Crippen LogP contribution is 2.27. The second-order valence-electron chi connectivity index (χ2n) is 6.35. The van der Waals surface area contributed by atoms with Crippen LogP contribution < -0.4 is 4.72 Å². The van der Waals surface area contributed by atoms with E-state index in [0.29, 0.717) is 0 Å². The van der Waals surface area contributed by atoms with Gasteiger partial charge in [0.05, 0.1) is 0 Å². The maximum absolute atomic E-state index is 12.3. The van der Waals surface area contributed by atoms with Gasteiger partial charge in [0.15, 0.2) is 0 Å². The third-order valence-corrected chi connectivity index (χ3v) is 4.74. The summed E-state index contributed by atoms with van der Waals surface area (Å²) in [6, 6.07) is 7.06. The van der Waals surface area contributed by atoms with Gasteiger partial charge in [-0.2, -0.15) is 0 Å². The third kappa shape index (κ3) is 5.30. The fourth-order valence-corrected chi connectivity index (χ4v) is 2.82. The van der Waals surface area contributed by atoms with Crippen LogP contribution in [0.2, 0.25) is 0 Å². The first-order valence-corrected chi connectivity index (χ1v) is 8.16. The zero-order valence-corrected chi connectivity index (χ0v) is 14.1. The lowest BCUT2D eigenvalue weighted by Crippen LogP contribution is -2.43. The molecule has 0 saturated heterocycles. The minimum absolute atomic E-state index is 0.250. The van der Waals surface area contributed by atoms with E-state index in [4.69, 9.17) is 0 Å². The van der Waals surface area contributed by atoms with E-state index in [1.807, 2.05) is 58.9 Å². The molecule has 0 aromatic heterocycles. The number of hydrogen-bond acceptors (Lipinski definition) is 4. The van der Waals surface area contributed by atoms with Gasteiger partial charge in [-0.05, 0) is 37.8 Å². The van der Waals surface area contributed by atoms with Crippen molar-refractivity contribution in [3.63, 3.8) is 0 Å². The normalized spacial score (nSPS) is 15.0. The molecule has 0 radical (unpaired) electrons. The van der Waals surface area contributed by atoms with E-state index in [0.717, 1.165) is 11.1 Å². The number of nitro groups is 1. The summed E-state index contributed by atoms with van der Waals surface area (Å²) in [4.78, 5) is 10.6. The number of nitrogens with zero attached hydrogens (tertiary/aromatic N) is 1. The quantitative estimate of drug-likeness (QED) is 0.497. The maximum atomic E-state index is 12.3. The first kappa shape index (κ1) is 17.9. The van der Waals surface area contributed by atoms with Crippen LogP contribution in [-0.4, -0.2) is 20.8 Å². The van der Waals surface area contributed by atoms with Crippen molar-refractivity contribution < 1.29 is 9.48 Å². The highest BCUT2D eigenvalue weighted by atomic mass is 32.2. The molecule has 0 fully saturated rings. The SMILES string of the molecule is CC(C)c1ccccc1C(C[N+](=O)[O-])N[S+]([O-])C(C)(C)C. The lowest BCUT2D eigenvalue weighted by atomic mass is 9.93. The second-order valence-corrected chi connectivity index (χ2v) is 8.35. The van der Waals surface area contributed by atoms with Crippen LogP contribution in [0.25, 0.3) is 0 Å². The molecule has 0 saturated carbocycles. The van der Waals surface area contributed by atoms with Crippen molar-refractivity contribution in [2.75, 3.05) is 6.54 Å². The van der Waals surface area contributed by atoms with Crippen molar-refractivity contribution in [2.24, 2.45) is 0 Å². The minimum atomic E-state index is -1.36. The minimum Gasteiger partial charge on any atom is -0.598 e. The first-order valence-electron chi connectivity index (χ1n) is 7.01. The zero-order chi connectivity index (χ0) is 16.2. The van der Waals surface area contributed by atoms with Crippen LogP contribution in [0.4, 0.5) is 0 Å². The van der Waals surface area contributed by atoms with Crippen molar-refractivity contribution in [3.8, 4) is 0 Å². The molecule has 21 heavy (non-hydrogen) atoms. The molecule has 0 bridgehead atoms. The highest BCUT2D eigenvalue weighted by molar-refractivity contribution is 7.90. The van der Waals surface area contributed by atoms with Gasteiger partial charge in [0.25, 0.3) is 0 Å². The van der Waals surface area contributed by atoms with Gasteiger partial charge in [0.2, 0.25) is 6.54 Å². The molecule has 0 aliphatic carbocycles. The van der Waals surface area contributed by atoms with Crippen LogP contribution in [0.1, 0.15) is 57.7 Å². The number of hydrogen-bond donors (Lipinski definition) is 1. The Morgan fingerprint density at radius 2 is 1.76 bits per heavy atom. The molecule has 1 rings (SSSR count). The summed E-state index contributed by atoms with van der Waals surface area (Å²) in [5.41, 5.74) is 1.89. The molecule has 1 aromatic rings. The van der Waals surface area contributed by atoms with E-state index < -0.39 is 22.2 Å². The molecule has 0 amide bonds. The van der Waals surface area contributed by atoms with Gasteiger partial charge in [-0.1, -0.05) is 38.1 Å². The van der Waals surface area contributed by atoms with Crippen molar-refractivity contribution >= 4 is 11.4 Å². The average Bonchev–Trinajstić information content (AvgIpc) is 2.36. The second kappa shape index (κ2) is 7.24. The molecule has 6 heteroatoms. The Labute approximate surface area is 129 Å². The average molecular weight is 312 g/mol. The van der Waals surface area contributed by atoms with Crippen molar-refractivity contribution in [1.82, 2.24) is 4.72 Å². The van der Waals surface area contributed by atoms with Gasteiger partial charge in [-0.25, -0.2) is 0 Å². The van der Waals surface area contributed by atoms with Crippen LogP contribution >= 0.6 is 0 Å². The third-order valence-electron chi connectivity index (χ3n) is 3.13. The summed E-state index contributed by atoms with van der Waals surface area (Å²) in [5.74, 6) is 0.250. The Bertz CT molecular complexity index is 486. The summed E-state index contributed by atoms with van der Waals surface area (Å²) in [5, 5.41) is 11.0. The molecule has 5 nitrogen and oxygen atoms in total. The molecule has 1 aromatic carbocycles. The maximum Gasteiger partial charge on any atom is 0.227 e. The van der Waals surface area contributed by atoms with Gasteiger partial charge in [0, 0.05) is 16.3 Å². The van der Waals surface area contributed by atoms with E-state index in [9.17, 15) is 14.7 Å². The Morgan fingerprint density at radius 3 is 2.19 bits per heavy atom. The molecule has 0 spiro atoms. The molecule has 0 aliphatic heterocycles. The number of nitrogens with one attached hydrogen (secondary N) is 1. The van der Waals surface area contributed by atoms with Gasteiger partial charge >= 0.3 is 0 Å². The fraction of sp³-hybridized carbons (Fsp3) is 0.600. The number of rotatable bonds is 6. The molecular formula is C15H24N2O3S. The van der Waals surface area contributed by atoms with Crippen LogP contribution in [0.15, 0.2) is 24.3 Å². The summed E-state index contributed by atoms with van der Waals surface area (Å²) < 4.78 is 14.7. The van der Waals surface area contributed by atoms with Crippen LogP contribution in [0.5, 0.6) is 0 Å². The molecule has 1 N–H and O–H groups in total. The largest absolute Gasteiger partial charge is 0.598 e. The Kier molecular flexibility index (Phi) is 6.19. The highest BCUT2D eigenvalue weighted by Gasteiger charge is 2.33. The predicted octanol–water partition coefficient (Wildman–Crippen LogP) is 3.18. The van der Waals surface area contributed by atoms with E-state index in [2.05, 4.69) is 4.72 Å². The van der Waals surface area contributed by atoms with E-state index in [1.165, 1.54) is 0 Å². The lowest BCUT2D eigenvalue weighted by Gasteiger charge is -2.28. The lowest BCUT2D eigenvalue weighted by molar-refractivity contribution is -0.483. The molecule has 0 heterocycles. The smallest absolute Gasteiger partial charge is 0.227 e. The van der Waals surface area contributed by atoms with E-state index in [1.54, 1.807) is 0 Å². The monoisotopic (exact) mass is 312 g/mol. The Morgan fingerprint density at radius 1 is 1.24 bits per heavy atom. The summed E-state index contributed by atoms with van der Waals surface area (Å²) in [6.45, 7) is 9.33. The van der Waals surface area contributed by atoms with E-state index in [-0.39, 0.29) is 17.4 Å². The summed E-state index contributed by atoms with van der Waals surface area (Å²) in [7, 11) is 0. The van der Waals surface area contributed by atoms with Crippen LogP contribution in [0, 0.1) is 10.1 Å². The Balaban J connectivity index is 3.11. The van der Waals surface area contributed by atoms with Gasteiger partial charge < -0.3 is 4.55 Å². The topological polar surface area (TPSA) is 78.2 Å². The van der Waals surface area contributed by atoms with Crippen LogP contribution in [-0.2, 0) is 11.4 Å². The molecule has 2 unspecified atom stereocenters. The van der Waals surface area contributed by atoms with Crippen molar-refractivity contribution in [3.05, 3.63) is 45.5 Å². The van der Waals surface area contributed by atoms with Crippen molar-refractivity contribution in [2.45, 2.75) is 51.3 Å². The number of benzene rings is 1. The molecule has 0 aliphatic rings. The van der Waals surface area contributed by atoms with Gasteiger partial charge in [-0.3, -0.25) is 10.1 Å². The molecule has 2 atom stereocenters. The summed E-state index contributed by atoms with van der Waals surface area (Å²) in [6.07, 6.45) is 0. The molecule has 118 valence electrons. The van der Waals surface area contributed by atoms with Gasteiger partial charge in [-0.15, -0.1) is 4.72 Å². The molecular weight excluding hydrogens is 288 g/mol. The zero-order valence-electron chi connectivity index (χ0n) is 13.3. The standard InChI is InChI=1S/C15H24N2O3S/c1-11(2)12-8-6-7-9-13(12)14(10-17(18)19)16-21(20)15(3,4)5/h6-9,11,14,16H,10H2,1-5H3. The fourth-order valence-electron chi connectivity index (χ4n) is 2.01. The van der Waals surface area contributed by atoms with Crippen molar-refractivity contribution in [1.29, 1.82) is 0 Å². The van der Waals surface area contributed by atoms with E-state index >= 15 is 0 Å². The first-order chi connectivity index (χ1) is 9.62. The van der Waals surface area contributed by atoms with Gasteiger partial charge in [0.1, 0.15) is 10.8 Å². The van der Waals surface area contributed by atoms with Crippen LogP contribution in [0.3, 0.4) is 0 Å². The summed E-state index contributed by atoms with van der Waals surface area (Å²) >= 11 is -1.36. The predicted molar refractivity (Wildman–Crippen MR) is 86.2 cm³/mol.